The van der Waals surface area contributed by atoms with Crippen molar-refractivity contribution in [1.82, 2.24) is 10.4 Å². The molecule has 1 aromatic rings. The molecule has 5 nitrogen and oxygen atoms in total. The Morgan fingerprint density at radius 2 is 2.38 bits per heavy atom. The Morgan fingerprint density at radius 3 is 3.00 bits per heavy atom. The summed E-state index contributed by atoms with van der Waals surface area (Å²) in [7, 11) is 0. The van der Waals surface area contributed by atoms with Gasteiger partial charge >= 0.3 is 0 Å². The third kappa shape index (κ3) is 4.14. The maximum Gasteiger partial charge on any atom is 0.0636 e. The molecule has 1 atom stereocenters. The van der Waals surface area contributed by atoms with E-state index in [9.17, 15) is 0 Å². The van der Waals surface area contributed by atoms with Crippen LogP contribution < -0.4 is 17.0 Å². The summed E-state index contributed by atoms with van der Waals surface area (Å²) in [4.78, 5) is 4.04. The van der Waals surface area contributed by atoms with Gasteiger partial charge in [-0.05, 0) is 24.5 Å². The van der Waals surface area contributed by atoms with Crippen LogP contribution >= 0.6 is 0 Å². The SMILES string of the molecule is CCCOCC(Cc1cnccc1N)NN. The number of nitrogen functional groups attached to an aromatic ring is 1. The molecule has 1 unspecified atom stereocenters. The van der Waals surface area contributed by atoms with E-state index in [1.807, 2.05) is 0 Å². The molecule has 0 saturated heterocycles. The maximum atomic E-state index is 5.83. The summed E-state index contributed by atoms with van der Waals surface area (Å²) in [5, 5.41) is 0. The molecule has 1 rings (SSSR count). The summed E-state index contributed by atoms with van der Waals surface area (Å²) >= 11 is 0. The maximum absolute atomic E-state index is 5.83. The van der Waals surface area contributed by atoms with Gasteiger partial charge in [0.1, 0.15) is 0 Å². The fourth-order valence-corrected chi connectivity index (χ4v) is 1.41. The van der Waals surface area contributed by atoms with E-state index in [0.717, 1.165) is 30.7 Å². The quantitative estimate of drug-likeness (QED) is 0.356. The largest absolute Gasteiger partial charge is 0.398 e. The number of hydrogen-bond donors (Lipinski definition) is 3. The molecule has 1 aromatic heterocycles. The Labute approximate surface area is 96.2 Å². The van der Waals surface area contributed by atoms with E-state index in [1.54, 1.807) is 18.5 Å². The molecule has 0 amide bonds. The third-order valence-electron chi connectivity index (χ3n) is 2.31. The van der Waals surface area contributed by atoms with E-state index in [0.29, 0.717) is 6.61 Å². The Balaban J connectivity index is 2.46. The zero-order valence-corrected chi connectivity index (χ0v) is 9.65. The van der Waals surface area contributed by atoms with Gasteiger partial charge in [0, 0.05) is 30.7 Å². The molecule has 0 radical (unpaired) electrons. The molecule has 90 valence electrons. The van der Waals surface area contributed by atoms with E-state index in [1.165, 1.54) is 0 Å². The van der Waals surface area contributed by atoms with Gasteiger partial charge in [0.25, 0.3) is 0 Å². The first-order valence-electron chi connectivity index (χ1n) is 5.50. The second kappa shape index (κ2) is 7.16. The van der Waals surface area contributed by atoms with Crippen molar-refractivity contribution < 1.29 is 4.74 Å². The highest BCUT2D eigenvalue weighted by atomic mass is 16.5. The van der Waals surface area contributed by atoms with E-state index < -0.39 is 0 Å². The van der Waals surface area contributed by atoms with Crippen LogP contribution in [-0.2, 0) is 11.2 Å². The van der Waals surface area contributed by atoms with Gasteiger partial charge < -0.3 is 10.5 Å². The fourth-order valence-electron chi connectivity index (χ4n) is 1.41. The summed E-state index contributed by atoms with van der Waals surface area (Å²) in [5.41, 5.74) is 10.3. The molecule has 0 aromatic carbocycles. The smallest absolute Gasteiger partial charge is 0.0636 e. The van der Waals surface area contributed by atoms with Crippen LogP contribution in [0, 0.1) is 0 Å². The monoisotopic (exact) mass is 224 g/mol. The summed E-state index contributed by atoms with van der Waals surface area (Å²) in [6.45, 7) is 3.41. The number of nitrogens with two attached hydrogens (primary N) is 2. The second-order valence-corrected chi connectivity index (χ2v) is 3.72. The summed E-state index contributed by atoms with van der Waals surface area (Å²) in [6.07, 6.45) is 5.17. The zero-order chi connectivity index (χ0) is 11.8. The first-order valence-corrected chi connectivity index (χ1v) is 5.50. The zero-order valence-electron chi connectivity index (χ0n) is 9.65. The highest BCUT2D eigenvalue weighted by molar-refractivity contribution is 5.44. The number of aromatic nitrogens is 1. The average molecular weight is 224 g/mol. The standard InChI is InChI=1S/C11H20N4O/c1-2-5-16-8-10(15-13)6-9-7-14-4-3-11(9)12/h3-4,7,10,15H,2,5-6,8,13H2,1H3,(H2,12,14). The van der Waals surface area contributed by atoms with E-state index in [-0.39, 0.29) is 6.04 Å². The number of ether oxygens (including phenoxy) is 1. The van der Waals surface area contributed by atoms with Gasteiger partial charge in [0.15, 0.2) is 0 Å². The summed E-state index contributed by atoms with van der Waals surface area (Å²) in [5.74, 6) is 5.46. The van der Waals surface area contributed by atoms with Crippen molar-refractivity contribution >= 4 is 5.69 Å². The molecule has 5 N–H and O–H groups in total. The van der Waals surface area contributed by atoms with Crippen LogP contribution in [0.5, 0.6) is 0 Å². The number of hydrogen-bond acceptors (Lipinski definition) is 5. The van der Waals surface area contributed by atoms with Gasteiger partial charge in [0.2, 0.25) is 0 Å². The molecule has 16 heavy (non-hydrogen) atoms. The molecule has 5 heteroatoms. The number of nitrogens with one attached hydrogen (secondary N) is 1. The lowest BCUT2D eigenvalue weighted by Crippen LogP contribution is -2.40. The average Bonchev–Trinajstić information content (AvgIpc) is 2.30. The van der Waals surface area contributed by atoms with E-state index in [4.69, 9.17) is 16.3 Å². The molecule has 0 saturated carbocycles. The van der Waals surface area contributed by atoms with Gasteiger partial charge in [-0.3, -0.25) is 16.3 Å². The molecule has 0 aliphatic heterocycles. The number of anilines is 1. The minimum Gasteiger partial charge on any atom is -0.398 e. The Kier molecular flexibility index (Phi) is 5.77. The van der Waals surface area contributed by atoms with Crippen LogP contribution in [0.25, 0.3) is 0 Å². The molecular weight excluding hydrogens is 204 g/mol. The number of hydrazine groups is 1. The molecule has 0 fully saturated rings. The second-order valence-electron chi connectivity index (χ2n) is 3.72. The lowest BCUT2D eigenvalue weighted by atomic mass is 10.1. The minimum absolute atomic E-state index is 0.0676. The third-order valence-corrected chi connectivity index (χ3v) is 2.31. The van der Waals surface area contributed by atoms with Crippen molar-refractivity contribution in [3.8, 4) is 0 Å². The normalized spacial score (nSPS) is 12.6. The van der Waals surface area contributed by atoms with Crippen LogP contribution in [0.15, 0.2) is 18.5 Å². The van der Waals surface area contributed by atoms with E-state index in [2.05, 4.69) is 17.3 Å². The van der Waals surface area contributed by atoms with Crippen molar-refractivity contribution in [2.75, 3.05) is 18.9 Å². The highest BCUT2D eigenvalue weighted by Gasteiger charge is 2.09. The minimum atomic E-state index is 0.0676. The predicted molar refractivity (Wildman–Crippen MR) is 64.6 cm³/mol. The number of pyridine rings is 1. The first-order chi connectivity index (χ1) is 7.77. The molecule has 0 aliphatic rings. The molecule has 0 aliphatic carbocycles. The van der Waals surface area contributed by atoms with E-state index >= 15 is 0 Å². The van der Waals surface area contributed by atoms with Gasteiger partial charge in [0.05, 0.1) is 6.61 Å². The highest BCUT2D eigenvalue weighted by Crippen LogP contribution is 2.11. The molecule has 0 spiro atoms. The lowest BCUT2D eigenvalue weighted by Gasteiger charge is -2.16. The van der Waals surface area contributed by atoms with Crippen LogP contribution in [-0.4, -0.2) is 24.2 Å². The molecular formula is C11H20N4O. The van der Waals surface area contributed by atoms with Crippen molar-refractivity contribution in [1.29, 1.82) is 0 Å². The lowest BCUT2D eigenvalue weighted by molar-refractivity contribution is 0.112. The summed E-state index contributed by atoms with van der Waals surface area (Å²) in [6, 6.07) is 1.86. The van der Waals surface area contributed by atoms with Crippen molar-refractivity contribution in [3.05, 3.63) is 24.0 Å². The first kappa shape index (κ1) is 12.9. The predicted octanol–water partition coefficient (Wildman–Crippen LogP) is 0.465. The van der Waals surface area contributed by atoms with Crippen molar-refractivity contribution in [2.45, 2.75) is 25.8 Å². The molecule has 0 bridgehead atoms. The van der Waals surface area contributed by atoms with Gasteiger partial charge in [-0.25, -0.2) is 0 Å². The van der Waals surface area contributed by atoms with Crippen LogP contribution in [0.4, 0.5) is 5.69 Å². The van der Waals surface area contributed by atoms with Crippen LogP contribution in [0.3, 0.4) is 0 Å². The number of rotatable bonds is 7. The van der Waals surface area contributed by atoms with Gasteiger partial charge in [-0.15, -0.1) is 0 Å². The van der Waals surface area contributed by atoms with Crippen molar-refractivity contribution in [2.24, 2.45) is 5.84 Å². The fraction of sp³-hybridized carbons (Fsp3) is 0.545. The van der Waals surface area contributed by atoms with Crippen molar-refractivity contribution in [3.63, 3.8) is 0 Å². The molecule has 1 heterocycles. The van der Waals surface area contributed by atoms with Crippen LogP contribution in [0.1, 0.15) is 18.9 Å². The summed E-state index contributed by atoms with van der Waals surface area (Å²) < 4.78 is 5.44. The topological polar surface area (TPSA) is 86.2 Å². The Morgan fingerprint density at radius 1 is 1.56 bits per heavy atom. The van der Waals surface area contributed by atoms with Gasteiger partial charge in [-0.1, -0.05) is 6.92 Å². The number of nitrogens with zero attached hydrogens (tertiary/aromatic N) is 1. The Hall–Kier alpha value is -1.17. The Bertz CT molecular complexity index is 306. The van der Waals surface area contributed by atoms with Gasteiger partial charge in [-0.2, -0.15) is 0 Å². The van der Waals surface area contributed by atoms with Crippen LogP contribution in [0.2, 0.25) is 0 Å².